The van der Waals surface area contributed by atoms with Gasteiger partial charge in [0.25, 0.3) is 0 Å². The van der Waals surface area contributed by atoms with Gasteiger partial charge in [-0.05, 0) is 19.1 Å². The first-order valence-corrected chi connectivity index (χ1v) is 10.6. The fraction of sp³-hybridized carbons (Fsp3) is 0.304. The monoisotopic (exact) mass is 472 g/mol. The molecule has 3 rings (SSSR count). The van der Waals surface area contributed by atoms with Gasteiger partial charge in [0.2, 0.25) is 17.8 Å². The first-order valence-electron chi connectivity index (χ1n) is 10.6. The molecule has 2 N–H and O–H groups in total. The highest BCUT2D eigenvalue weighted by atomic mass is 19.1. The Morgan fingerprint density at radius 3 is 2.71 bits per heavy atom. The summed E-state index contributed by atoms with van der Waals surface area (Å²) in [7, 11) is 1.68. The Morgan fingerprint density at radius 2 is 1.94 bits per heavy atom. The molecule has 11 heteroatoms. The number of hydrogen-bond donors (Lipinski definition) is 2. The van der Waals surface area contributed by atoms with Gasteiger partial charge in [-0.15, -0.1) is 0 Å². The van der Waals surface area contributed by atoms with Crippen LogP contribution in [0, 0.1) is 18.7 Å². The summed E-state index contributed by atoms with van der Waals surface area (Å²) in [6.07, 6.45) is 3.74. The van der Waals surface area contributed by atoms with Crippen molar-refractivity contribution in [1.82, 2.24) is 19.7 Å². The van der Waals surface area contributed by atoms with Crippen LogP contribution in [0.3, 0.4) is 0 Å². The van der Waals surface area contributed by atoms with Crippen LogP contribution >= 0.6 is 0 Å². The second kappa shape index (κ2) is 11.7. The molecule has 0 bridgehead atoms. The van der Waals surface area contributed by atoms with Crippen LogP contribution in [0.2, 0.25) is 0 Å². The predicted octanol–water partition coefficient (Wildman–Crippen LogP) is 2.84. The molecule has 0 radical (unpaired) electrons. The zero-order valence-corrected chi connectivity index (χ0v) is 18.9. The molecule has 180 valence electrons. The number of aromatic nitrogens is 3. The zero-order chi connectivity index (χ0) is 24.5. The minimum Gasteiger partial charge on any atom is -0.492 e. The summed E-state index contributed by atoms with van der Waals surface area (Å²) in [5.74, 6) is -1.30. The van der Waals surface area contributed by atoms with E-state index < -0.39 is 11.8 Å². The van der Waals surface area contributed by atoms with E-state index in [9.17, 15) is 18.4 Å². The number of anilines is 2. The maximum atomic E-state index is 13.5. The zero-order valence-electron chi connectivity index (χ0n) is 18.9. The second-order valence-electron chi connectivity index (χ2n) is 7.62. The van der Waals surface area contributed by atoms with Crippen LogP contribution in [0.15, 0.2) is 48.9 Å². The van der Waals surface area contributed by atoms with Gasteiger partial charge in [-0.2, -0.15) is 9.49 Å². The standard InChI is InChI=1S/C23H26F2N6O3/c1-16-3-5-18(6-4-16)34-10-9-30(2)23(33)15-31-14-17(12-28-31)29-22(32)7-8-26-20-11-21(25)27-13-19(20)24/h3-6,11-14H,7-10,15H2,1-2H3,(H,26,27)(H,29,32). The molecule has 0 fully saturated rings. The Balaban J connectivity index is 1.38. The van der Waals surface area contributed by atoms with Gasteiger partial charge >= 0.3 is 0 Å². The lowest BCUT2D eigenvalue weighted by atomic mass is 10.2. The highest BCUT2D eigenvalue weighted by Gasteiger charge is 2.12. The molecule has 2 amide bonds. The van der Waals surface area contributed by atoms with Crippen LogP contribution in [0.25, 0.3) is 0 Å². The van der Waals surface area contributed by atoms with Crippen molar-refractivity contribution in [3.05, 3.63) is 66.3 Å². The number of likely N-dealkylation sites (N-methyl/N-ethyl adjacent to an activating group) is 1. The summed E-state index contributed by atoms with van der Waals surface area (Å²) in [6.45, 7) is 2.86. The fourth-order valence-electron chi connectivity index (χ4n) is 2.92. The number of carbonyl (C=O) groups excluding carboxylic acids is 2. The summed E-state index contributed by atoms with van der Waals surface area (Å²) in [5, 5.41) is 9.38. The Kier molecular flexibility index (Phi) is 8.49. The largest absolute Gasteiger partial charge is 0.492 e. The molecular formula is C23H26F2N6O3. The molecule has 0 aliphatic heterocycles. The molecule has 0 spiro atoms. The van der Waals surface area contributed by atoms with Gasteiger partial charge < -0.3 is 20.3 Å². The van der Waals surface area contributed by atoms with Crippen molar-refractivity contribution < 1.29 is 23.1 Å². The number of nitrogens with zero attached hydrogens (tertiary/aromatic N) is 4. The van der Waals surface area contributed by atoms with Gasteiger partial charge in [0, 0.05) is 32.3 Å². The van der Waals surface area contributed by atoms with E-state index in [1.807, 2.05) is 31.2 Å². The lowest BCUT2D eigenvalue weighted by molar-refractivity contribution is -0.131. The maximum Gasteiger partial charge on any atom is 0.244 e. The van der Waals surface area contributed by atoms with Gasteiger partial charge in [-0.25, -0.2) is 9.37 Å². The number of ether oxygens (including phenoxy) is 1. The number of rotatable bonds is 11. The fourth-order valence-corrected chi connectivity index (χ4v) is 2.92. The first kappa shape index (κ1) is 24.6. The van der Waals surface area contributed by atoms with Gasteiger partial charge in [-0.1, -0.05) is 17.7 Å². The van der Waals surface area contributed by atoms with Crippen molar-refractivity contribution in [2.75, 3.05) is 37.4 Å². The second-order valence-corrected chi connectivity index (χ2v) is 7.62. The topological polar surface area (TPSA) is 101 Å². The summed E-state index contributed by atoms with van der Waals surface area (Å²) in [6, 6.07) is 8.58. The molecule has 0 atom stereocenters. The van der Waals surface area contributed by atoms with Crippen LogP contribution in [0.1, 0.15) is 12.0 Å². The predicted molar refractivity (Wildman–Crippen MR) is 122 cm³/mol. The Hall–Kier alpha value is -4.02. The van der Waals surface area contributed by atoms with E-state index in [1.165, 1.54) is 17.1 Å². The average molecular weight is 472 g/mol. The molecule has 0 aliphatic carbocycles. The lowest BCUT2D eigenvalue weighted by Gasteiger charge is -2.17. The van der Waals surface area contributed by atoms with E-state index in [0.29, 0.717) is 18.8 Å². The van der Waals surface area contributed by atoms with E-state index in [1.54, 1.807) is 11.9 Å². The van der Waals surface area contributed by atoms with Crippen molar-refractivity contribution in [2.24, 2.45) is 0 Å². The van der Waals surface area contributed by atoms with Crippen molar-refractivity contribution in [3.63, 3.8) is 0 Å². The van der Waals surface area contributed by atoms with Crippen molar-refractivity contribution >= 4 is 23.2 Å². The maximum absolute atomic E-state index is 13.5. The van der Waals surface area contributed by atoms with E-state index in [2.05, 4.69) is 20.7 Å². The van der Waals surface area contributed by atoms with Crippen molar-refractivity contribution in [3.8, 4) is 5.75 Å². The van der Waals surface area contributed by atoms with Crippen LogP contribution in [0.5, 0.6) is 5.75 Å². The Bertz CT molecular complexity index is 1120. The number of nitrogens with one attached hydrogen (secondary N) is 2. The quantitative estimate of drug-likeness (QED) is 0.416. The van der Waals surface area contributed by atoms with E-state index in [4.69, 9.17) is 4.74 Å². The molecule has 2 aromatic heterocycles. The van der Waals surface area contributed by atoms with Gasteiger partial charge in [0.05, 0.1) is 30.3 Å². The summed E-state index contributed by atoms with van der Waals surface area (Å²) in [4.78, 5) is 29.2. The number of aryl methyl sites for hydroxylation is 1. The van der Waals surface area contributed by atoms with Crippen LogP contribution in [-0.4, -0.2) is 58.2 Å². The molecule has 9 nitrogen and oxygen atoms in total. The number of benzene rings is 1. The normalized spacial score (nSPS) is 10.6. The van der Waals surface area contributed by atoms with Crippen LogP contribution in [0.4, 0.5) is 20.2 Å². The molecule has 0 unspecified atom stereocenters. The van der Waals surface area contributed by atoms with E-state index in [0.717, 1.165) is 23.6 Å². The number of halogens is 2. The first-order chi connectivity index (χ1) is 16.3. The van der Waals surface area contributed by atoms with Gasteiger partial charge in [-0.3, -0.25) is 14.3 Å². The molecule has 1 aromatic carbocycles. The number of hydrogen-bond acceptors (Lipinski definition) is 6. The van der Waals surface area contributed by atoms with Crippen LogP contribution in [-0.2, 0) is 16.1 Å². The molecule has 0 aliphatic rings. The molecule has 0 saturated heterocycles. The SMILES string of the molecule is Cc1ccc(OCCN(C)C(=O)Cn2cc(NC(=O)CCNc3cc(F)ncc3F)cn2)cc1. The molecule has 0 saturated carbocycles. The smallest absolute Gasteiger partial charge is 0.244 e. The summed E-state index contributed by atoms with van der Waals surface area (Å²) < 4.78 is 33.7. The number of carbonyl (C=O) groups is 2. The average Bonchev–Trinajstić information content (AvgIpc) is 3.23. The third-order valence-electron chi connectivity index (χ3n) is 4.85. The molecule has 2 heterocycles. The number of pyridine rings is 1. The third-order valence-corrected chi connectivity index (χ3v) is 4.85. The van der Waals surface area contributed by atoms with Crippen molar-refractivity contribution in [2.45, 2.75) is 19.9 Å². The molecular weight excluding hydrogens is 446 g/mol. The van der Waals surface area contributed by atoms with E-state index >= 15 is 0 Å². The third kappa shape index (κ3) is 7.54. The van der Waals surface area contributed by atoms with Gasteiger partial charge in [0.15, 0.2) is 5.82 Å². The Morgan fingerprint density at radius 1 is 1.18 bits per heavy atom. The minimum absolute atomic E-state index is 0.00530. The van der Waals surface area contributed by atoms with E-state index in [-0.39, 0.29) is 37.0 Å². The highest BCUT2D eigenvalue weighted by molar-refractivity contribution is 5.90. The molecule has 34 heavy (non-hydrogen) atoms. The molecule has 3 aromatic rings. The minimum atomic E-state index is -0.820. The Labute approximate surface area is 195 Å². The van der Waals surface area contributed by atoms with Crippen molar-refractivity contribution in [1.29, 1.82) is 0 Å². The summed E-state index contributed by atoms with van der Waals surface area (Å²) >= 11 is 0. The lowest BCUT2D eigenvalue weighted by Crippen LogP contribution is -2.33. The summed E-state index contributed by atoms with van der Waals surface area (Å²) in [5.41, 5.74) is 1.49. The van der Waals surface area contributed by atoms with Gasteiger partial charge in [0.1, 0.15) is 18.9 Å². The highest BCUT2D eigenvalue weighted by Crippen LogP contribution is 2.13. The van der Waals surface area contributed by atoms with Crippen LogP contribution < -0.4 is 15.4 Å². The number of amides is 2.